The minimum absolute atomic E-state index is 0.0649. The molecule has 2 aromatic heterocycles. The van der Waals surface area contributed by atoms with Crippen molar-refractivity contribution in [3.63, 3.8) is 0 Å². The third-order valence-electron chi connectivity index (χ3n) is 5.72. The minimum Gasteiger partial charge on any atom is -0.378 e. The molecule has 3 N–H and O–H groups in total. The quantitative estimate of drug-likeness (QED) is 0.342. The number of rotatable bonds is 5. The van der Waals surface area contributed by atoms with Crippen LogP contribution in [0.2, 0.25) is 0 Å². The van der Waals surface area contributed by atoms with Gasteiger partial charge in [0.2, 0.25) is 5.78 Å². The molecule has 0 radical (unpaired) electrons. The number of morpholine rings is 1. The first kappa shape index (κ1) is 24.3. The van der Waals surface area contributed by atoms with Crippen molar-refractivity contribution in [2.24, 2.45) is 0 Å². The molecule has 1 aliphatic rings. The summed E-state index contributed by atoms with van der Waals surface area (Å²) in [7, 11) is 0. The Morgan fingerprint density at radius 1 is 1.00 bits per heavy atom. The molecule has 1 aliphatic heterocycles. The van der Waals surface area contributed by atoms with Crippen molar-refractivity contribution in [1.82, 2.24) is 15.3 Å². The van der Waals surface area contributed by atoms with E-state index in [1.807, 2.05) is 0 Å². The molecule has 0 bridgehead atoms. The van der Waals surface area contributed by atoms with E-state index in [2.05, 4.69) is 25.9 Å². The summed E-state index contributed by atoms with van der Waals surface area (Å²) in [5.74, 6) is -4.15. The van der Waals surface area contributed by atoms with Gasteiger partial charge in [0.25, 0.3) is 0 Å². The summed E-state index contributed by atoms with van der Waals surface area (Å²) in [6.07, 6.45) is 1.39. The average Bonchev–Trinajstić information content (AvgIpc) is 2.90. The molecule has 1 atom stereocenters. The molecule has 37 heavy (non-hydrogen) atoms. The van der Waals surface area contributed by atoms with Crippen LogP contribution < -0.4 is 16.0 Å². The van der Waals surface area contributed by atoms with Gasteiger partial charge >= 0.3 is 6.03 Å². The highest BCUT2D eigenvalue weighted by Crippen LogP contribution is 2.24. The number of benzene rings is 2. The first-order valence-electron chi connectivity index (χ1n) is 11.3. The maximum absolute atomic E-state index is 14.6. The summed E-state index contributed by atoms with van der Waals surface area (Å²) >= 11 is 0. The molecule has 0 aliphatic carbocycles. The Morgan fingerprint density at radius 3 is 2.62 bits per heavy atom. The lowest BCUT2D eigenvalue weighted by atomic mass is 10.0. The van der Waals surface area contributed by atoms with Crippen LogP contribution in [-0.4, -0.2) is 41.5 Å². The molecular weight excluding hydrogens is 487 g/mol. The van der Waals surface area contributed by atoms with Crippen LogP contribution in [0.15, 0.2) is 60.8 Å². The zero-order valence-corrected chi connectivity index (χ0v) is 19.2. The van der Waals surface area contributed by atoms with Gasteiger partial charge in [0.05, 0.1) is 42.2 Å². The molecule has 5 rings (SSSR count). The maximum Gasteiger partial charge on any atom is 0.323 e. The van der Waals surface area contributed by atoms with E-state index in [-0.39, 0.29) is 23.1 Å². The third-order valence-corrected chi connectivity index (χ3v) is 5.72. The van der Waals surface area contributed by atoms with Gasteiger partial charge in [-0.15, -0.1) is 0 Å². The van der Waals surface area contributed by atoms with Gasteiger partial charge in [0.15, 0.2) is 11.6 Å². The predicted molar refractivity (Wildman–Crippen MR) is 130 cm³/mol. The Balaban J connectivity index is 1.37. The maximum atomic E-state index is 14.6. The Labute approximate surface area is 208 Å². The summed E-state index contributed by atoms with van der Waals surface area (Å²) in [6, 6.07) is 11.0. The standard InChI is InChI=1S/C26H20F3N5O3/c27-15-2-1-3-16(9-15)32-26(36)33-17-10-18(24(29)19(28)11-17)25(35)21-8-14-4-5-20(34-22(14)12-31-21)23-13-37-7-6-30-23/h1-5,8-12,23,30H,6-7,13H2,(H2,32,33,36). The van der Waals surface area contributed by atoms with E-state index in [1.165, 1.54) is 30.5 Å². The first-order chi connectivity index (χ1) is 17.9. The number of hydrogen-bond acceptors (Lipinski definition) is 6. The number of amides is 2. The summed E-state index contributed by atoms with van der Waals surface area (Å²) in [4.78, 5) is 34.0. The lowest BCUT2D eigenvalue weighted by Crippen LogP contribution is -2.35. The van der Waals surface area contributed by atoms with Crippen molar-refractivity contribution in [3.8, 4) is 0 Å². The Kier molecular flexibility index (Phi) is 6.80. The van der Waals surface area contributed by atoms with Crippen molar-refractivity contribution in [1.29, 1.82) is 0 Å². The molecule has 4 aromatic rings. The largest absolute Gasteiger partial charge is 0.378 e. The summed E-state index contributed by atoms with van der Waals surface area (Å²) in [6.45, 7) is 1.82. The molecule has 0 saturated carbocycles. The zero-order chi connectivity index (χ0) is 25.9. The van der Waals surface area contributed by atoms with Crippen LogP contribution in [0.5, 0.6) is 0 Å². The van der Waals surface area contributed by atoms with Crippen LogP contribution in [0.3, 0.4) is 0 Å². The molecule has 1 unspecified atom stereocenters. The van der Waals surface area contributed by atoms with E-state index in [9.17, 15) is 22.8 Å². The highest BCUT2D eigenvalue weighted by molar-refractivity contribution is 6.10. The topological polar surface area (TPSA) is 105 Å². The van der Waals surface area contributed by atoms with Gasteiger partial charge in [0.1, 0.15) is 11.5 Å². The summed E-state index contributed by atoms with van der Waals surface area (Å²) in [5, 5.41) is 8.58. The number of carbonyl (C=O) groups excluding carboxylic acids is 2. The van der Waals surface area contributed by atoms with E-state index in [4.69, 9.17) is 4.74 Å². The molecule has 188 valence electrons. The van der Waals surface area contributed by atoms with Gasteiger partial charge in [-0.3, -0.25) is 9.78 Å². The second kappa shape index (κ2) is 10.3. The number of carbonyl (C=O) groups is 2. The molecular formula is C26H20F3N5O3. The number of aromatic nitrogens is 2. The van der Waals surface area contributed by atoms with Crippen LogP contribution >= 0.6 is 0 Å². The number of anilines is 2. The number of hydrogen-bond donors (Lipinski definition) is 3. The van der Waals surface area contributed by atoms with E-state index < -0.39 is 34.8 Å². The second-order valence-corrected chi connectivity index (χ2v) is 8.32. The minimum atomic E-state index is -1.38. The Morgan fingerprint density at radius 2 is 1.84 bits per heavy atom. The summed E-state index contributed by atoms with van der Waals surface area (Å²) in [5.41, 5.74) is 0.529. The van der Waals surface area contributed by atoms with Gasteiger partial charge in [0, 0.05) is 29.4 Å². The SMILES string of the molecule is O=C(Nc1cccc(F)c1)Nc1cc(F)c(F)c(C(=O)c2cc3ccc(C4COCCN4)nc3cn2)c1. The van der Waals surface area contributed by atoms with Crippen LogP contribution in [0.1, 0.15) is 27.8 Å². The second-order valence-electron chi connectivity index (χ2n) is 8.32. The fourth-order valence-corrected chi connectivity index (χ4v) is 3.94. The van der Waals surface area contributed by atoms with E-state index >= 15 is 0 Å². The highest BCUT2D eigenvalue weighted by atomic mass is 19.2. The molecule has 1 fully saturated rings. The highest BCUT2D eigenvalue weighted by Gasteiger charge is 2.22. The molecule has 11 heteroatoms. The van der Waals surface area contributed by atoms with E-state index in [0.717, 1.165) is 23.9 Å². The summed E-state index contributed by atoms with van der Waals surface area (Å²) < 4.78 is 47.7. The third kappa shape index (κ3) is 5.42. The Hall–Kier alpha value is -4.35. The lowest BCUT2D eigenvalue weighted by Gasteiger charge is -2.23. The number of ether oxygens (including phenoxy) is 1. The predicted octanol–water partition coefficient (Wildman–Crippen LogP) is 4.58. The normalized spacial score (nSPS) is 15.4. The van der Waals surface area contributed by atoms with Crippen LogP contribution in [-0.2, 0) is 4.74 Å². The first-order valence-corrected chi connectivity index (χ1v) is 11.3. The van der Waals surface area contributed by atoms with Crippen LogP contribution in [0, 0.1) is 17.5 Å². The molecule has 2 amide bonds. The number of halogens is 3. The number of pyridine rings is 2. The lowest BCUT2D eigenvalue weighted by molar-refractivity contribution is 0.0757. The van der Waals surface area contributed by atoms with Crippen molar-refractivity contribution < 1.29 is 27.5 Å². The van der Waals surface area contributed by atoms with Crippen LogP contribution in [0.4, 0.5) is 29.3 Å². The number of fused-ring (bicyclic) bond motifs is 1. The molecule has 1 saturated heterocycles. The molecule has 8 nitrogen and oxygen atoms in total. The Bertz CT molecular complexity index is 1510. The molecule has 2 aromatic carbocycles. The van der Waals surface area contributed by atoms with Gasteiger partial charge in [-0.25, -0.2) is 22.9 Å². The fourth-order valence-electron chi connectivity index (χ4n) is 3.94. The van der Waals surface area contributed by atoms with Crippen molar-refractivity contribution in [3.05, 3.63) is 95.2 Å². The monoisotopic (exact) mass is 507 g/mol. The van der Waals surface area contributed by atoms with Gasteiger partial charge in [-0.2, -0.15) is 0 Å². The van der Waals surface area contributed by atoms with Gasteiger partial charge in [-0.1, -0.05) is 12.1 Å². The van der Waals surface area contributed by atoms with E-state index in [0.29, 0.717) is 30.7 Å². The molecule has 0 spiro atoms. The van der Waals surface area contributed by atoms with Crippen molar-refractivity contribution in [2.45, 2.75) is 6.04 Å². The fraction of sp³-hybridized carbons (Fsp3) is 0.154. The number of nitrogens with zero attached hydrogens (tertiary/aromatic N) is 2. The number of nitrogens with one attached hydrogen (secondary N) is 3. The average molecular weight is 507 g/mol. The van der Waals surface area contributed by atoms with E-state index in [1.54, 1.807) is 12.1 Å². The number of urea groups is 1. The van der Waals surface area contributed by atoms with Crippen LogP contribution in [0.25, 0.3) is 10.9 Å². The molecule has 3 heterocycles. The van der Waals surface area contributed by atoms with Crippen molar-refractivity contribution in [2.75, 3.05) is 30.4 Å². The van der Waals surface area contributed by atoms with Crippen molar-refractivity contribution >= 4 is 34.1 Å². The van der Waals surface area contributed by atoms with Gasteiger partial charge < -0.3 is 20.7 Å². The van der Waals surface area contributed by atoms with Gasteiger partial charge in [-0.05, 0) is 36.4 Å². The number of ketones is 1. The zero-order valence-electron chi connectivity index (χ0n) is 19.2. The smallest absolute Gasteiger partial charge is 0.323 e.